The van der Waals surface area contributed by atoms with Gasteiger partial charge in [-0.1, -0.05) is 13.0 Å². The predicted molar refractivity (Wildman–Crippen MR) is 74.5 cm³/mol. The van der Waals surface area contributed by atoms with Gasteiger partial charge in [0.2, 0.25) is 0 Å². The van der Waals surface area contributed by atoms with E-state index in [9.17, 15) is 4.79 Å². The summed E-state index contributed by atoms with van der Waals surface area (Å²) < 4.78 is 0. The molecular weight excluding hydrogens is 224 g/mol. The van der Waals surface area contributed by atoms with Gasteiger partial charge in [-0.25, -0.2) is 0 Å². The van der Waals surface area contributed by atoms with Crippen LogP contribution in [-0.4, -0.2) is 12.5 Å². The van der Waals surface area contributed by atoms with Crippen molar-refractivity contribution in [2.75, 3.05) is 12.3 Å². The molecule has 18 heavy (non-hydrogen) atoms. The second kappa shape index (κ2) is 5.01. The van der Waals surface area contributed by atoms with Crippen molar-refractivity contribution in [1.82, 2.24) is 5.32 Å². The number of amides is 1. The number of benzene rings is 1. The molecule has 1 unspecified atom stereocenters. The zero-order chi connectivity index (χ0) is 13.3. The Labute approximate surface area is 109 Å². The van der Waals surface area contributed by atoms with Gasteiger partial charge in [-0.05, 0) is 55.7 Å². The highest BCUT2D eigenvalue weighted by molar-refractivity contribution is 5.96. The third-order valence-electron chi connectivity index (χ3n) is 3.87. The molecule has 1 amide bonds. The molecule has 3 heteroatoms. The molecule has 3 N–H and O–H groups in total. The lowest BCUT2D eigenvalue weighted by Gasteiger charge is -2.13. The lowest BCUT2D eigenvalue weighted by molar-refractivity contribution is 0.0946. The quantitative estimate of drug-likeness (QED) is 0.802. The fourth-order valence-electron chi connectivity index (χ4n) is 2.29. The van der Waals surface area contributed by atoms with Crippen LogP contribution in [0, 0.1) is 25.7 Å². The van der Waals surface area contributed by atoms with Gasteiger partial charge >= 0.3 is 0 Å². The Morgan fingerprint density at radius 1 is 1.39 bits per heavy atom. The van der Waals surface area contributed by atoms with Gasteiger partial charge in [0.05, 0.1) is 0 Å². The number of hydrogen-bond acceptors (Lipinski definition) is 2. The van der Waals surface area contributed by atoms with Crippen molar-refractivity contribution >= 4 is 11.6 Å². The van der Waals surface area contributed by atoms with E-state index in [2.05, 4.69) is 12.2 Å². The highest BCUT2D eigenvalue weighted by atomic mass is 16.1. The fourth-order valence-corrected chi connectivity index (χ4v) is 2.29. The average Bonchev–Trinajstić information content (AvgIpc) is 3.14. The molecule has 0 aliphatic heterocycles. The molecule has 0 heterocycles. The van der Waals surface area contributed by atoms with Crippen LogP contribution in [0.5, 0.6) is 0 Å². The van der Waals surface area contributed by atoms with Crippen molar-refractivity contribution < 1.29 is 4.79 Å². The number of hydrogen-bond donors (Lipinski definition) is 2. The van der Waals surface area contributed by atoms with Crippen LogP contribution in [0.1, 0.15) is 41.3 Å². The van der Waals surface area contributed by atoms with E-state index in [1.165, 1.54) is 12.8 Å². The van der Waals surface area contributed by atoms with Crippen LogP contribution in [0.2, 0.25) is 0 Å². The van der Waals surface area contributed by atoms with Gasteiger partial charge in [-0.15, -0.1) is 0 Å². The molecule has 1 aliphatic rings. The van der Waals surface area contributed by atoms with Crippen LogP contribution in [0.25, 0.3) is 0 Å². The molecule has 1 aromatic carbocycles. The molecule has 2 rings (SSSR count). The molecule has 0 saturated heterocycles. The van der Waals surface area contributed by atoms with E-state index in [1.54, 1.807) is 6.07 Å². The lowest BCUT2D eigenvalue weighted by atomic mass is 10.0. The number of rotatable bonds is 4. The summed E-state index contributed by atoms with van der Waals surface area (Å²) in [7, 11) is 0. The van der Waals surface area contributed by atoms with Gasteiger partial charge < -0.3 is 11.1 Å². The van der Waals surface area contributed by atoms with Crippen molar-refractivity contribution in [1.29, 1.82) is 0 Å². The minimum Gasteiger partial charge on any atom is -0.398 e. The molecule has 0 spiro atoms. The van der Waals surface area contributed by atoms with Gasteiger partial charge in [0.25, 0.3) is 5.91 Å². The maximum Gasteiger partial charge on any atom is 0.251 e. The van der Waals surface area contributed by atoms with E-state index < -0.39 is 0 Å². The Bertz CT molecular complexity index is 464. The largest absolute Gasteiger partial charge is 0.398 e. The van der Waals surface area contributed by atoms with E-state index >= 15 is 0 Å². The van der Waals surface area contributed by atoms with E-state index in [4.69, 9.17) is 5.73 Å². The fraction of sp³-hybridized carbons (Fsp3) is 0.533. The topological polar surface area (TPSA) is 55.1 Å². The first-order valence-corrected chi connectivity index (χ1v) is 6.64. The summed E-state index contributed by atoms with van der Waals surface area (Å²) >= 11 is 0. The van der Waals surface area contributed by atoms with Crippen LogP contribution in [0.3, 0.4) is 0 Å². The molecular formula is C15H22N2O. The first-order valence-electron chi connectivity index (χ1n) is 6.64. The molecule has 98 valence electrons. The van der Waals surface area contributed by atoms with Crippen LogP contribution >= 0.6 is 0 Å². The molecule has 1 saturated carbocycles. The smallest absolute Gasteiger partial charge is 0.251 e. The molecule has 1 aliphatic carbocycles. The molecule has 0 aromatic heterocycles. The van der Waals surface area contributed by atoms with Crippen molar-refractivity contribution in [3.05, 3.63) is 28.8 Å². The summed E-state index contributed by atoms with van der Waals surface area (Å²) in [6.07, 6.45) is 2.63. The Hall–Kier alpha value is -1.51. The van der Waals surface area contributed by atoms with Crippen molar-refractivity contribution in [2.45, 2.75) is 33.6 Å². The second-order valence-corrected chi connectivity index (χ2v) is 5.55. The first-order chi connectivity index (χ1) is 8.49. The van der Waals surface area contributed by atoms with E-state index in [0.29, 0.717) is 17.2 Å². The Morgan fingerprint density at radius 3 is 2.67 bits per heavy atom. The summed E-state index contributed by atoms with van der Waals surface area (Å²) in [4.78, 5) is 12.1. The summed E-state index contributed by atoms with van der Waals surface area (Å²) in [5.74, 6) is 1.39. The van der Waals surface area contributed by atoms with Gasteiger partial charge in [-0.2, -0.15) is 0 Å². The Morgan fingerprint density at radius 2 is 2.06 bits per heavy atom. The van der Waals surface area contributed by atoms with Crippen LogP contribution in [0.4, 0.5) is 5.69 Å². The standard InChI is InChI=1S/C15H22N2O/c1-9-6-10(2)14(16)7-13(9)15(18)17-8-11(3)12-4-5-12/h6-7,11-12H,4-5,8,16H2,1-3H3,(H,17,18). The van der Waals surface area contributed by atoms with E-state index in [-0.39, 0.29) is 5.91 Å². The van der Waals surface area contributed by atoms with Crippen LogP contribution in [-0.2, 0) is 0 Å². The van der Waals surface area contributed by atoms with Gasteiger partial charge in [0.1, 0.15) is 0 Å². The van der Waals surface area contributed by atoms with Gasteiger partial charge in [0.15, 0.2) is 0 Å². The summed E-state index contributed by atoms with van der Waals surface area (Å²) in [6.45, 7) is 6.87. The number of carbonyl (C=O) groups is 1. The highest BCUT2D eigenvalue weighted by Crippen LogP contribution is 2.36. The zero-order valence-electron chi connectivity index (χ0n) is 11.4. The van der Waals surface area contributed by atoms with E-state index in [0.717, 1.165) is 23.6 Å². The molecule has 0 radical (unpaired) electrons. The SMILES string of the molecule is Cc1cc(C)c(C(=O)NCC(C)C2CC2)cc1N. The summed E-state index contributed by atoms with van der Waals surface area (Å²) in [5.41, 5.74) is 9.25. The van der Waals surface area contributed by atoms with Gasteiger partial charge in [-0.3, -0.25) is 4.79 Å². The first kappa shape index (κ1) is 12.9. The number of nitrogens with one attached hydrogen (secondary N) is 1. The predicted octanol–water partition coefficient (Wildman–Crippen LogP) is 2.66. The van der Waals surface area contributed by atoms with Crippen LogP contribution < -0.4 is 11.1 Å². The zero-order valence-corrected chi connectivity index (χ0v) is 11.4. The Balaban J connectivity index is 2.01. The maximum atomic E-state index is 12.1. The number of carbonyl (C=O) groups excluding carboxylic acids is 1. The minimum atomic E-state index is -0.00769. The number of aryl methyl sites for hydroxylation is 2. The maximum absolute atomic E-state index is 12.1. The number of anilines is 1. The molecule has 0 bridgehead atoms. The lowest BCUT2D eigenvalue weighted by Crippen LogP contribution is -2.29. The number of nitrogen functional groups attached to an aromatic ring is 1. The molecule has 1 atom stereocenters. The number of nitrogens with two attached hydrogens (primary N) is 1. The second-order valence-electron chi connectivity index (χ2n) is 5.55. The minimum absolute atomic E-state index is 0.00769. The van der Waals surface area contributed by atoms with Crippen molar-refractivity contribution in [2.24, 2.45) is 11.8 Å². The average molecular weight is 246 g/mol. The summed E-state index contributed by atoms with van der Waals surface area (Å²) in [5, 5.41) is 3.01. The third-order valence-corrected chi connectivity index (χ3v) is 3.87. The van der Waals surface area contributed by atoms with Crippen molar-refractivity contribution in [3.63, 3.8) is 0 Å². The normalized spacial score (nSPS) is 16.4. The molecule has 1 aromatic rings. The monoisotopic (exact) mass is 246 g/mol. The molecule has 1 fully saturated rings. The van der Waals surface area contributed by atoms with Gasteiger partial charge in [0, 0.05) is 17.8 Å². The third kappa shape index (κ3) is 2.84. The molecule has 3 nitrogen and oxygen atoms in total. The van der Waals surface area contributed by atoms with Crippen LogP contribution in [0.15, 0.2) is 12.1 Å². The summed E-state index contributed by atoms with van der Waals surface area (Å²) in [6, 6.07) is 3.75. The van der Waals surface area contributed by atoms with Crippen molar-refractivity contribution in [3.8, 4) is 0 Å². The highest BCUT2D eigenvalue weighted by Gasteiger charge is 2.28. The Kier molecular flexibility index (Phi) is 3.60. The van der Waals surface area contributed by atoms with E-state index in [1.807, 2.05) is 19.9 Å².